The van der Waals surface area contributed by atoms with Gasteiger partial charge in [-0.05, 0) is 86.8 Å². The molecule has 0 radical (unpaired) electrons. The van der Waals surface area contributed by atoms with Gasteiger partial charge in [0, 0.05) is 22.3 Å². The Morgan fingerprint density at radius 3 is 1.16 bits per heavy atom. The van der Waals surface area contributed by atoms with Crippen molar-refractivity contribution in [2.45, 2.75) is 160 Å². The Bertz CT molecular complexity index is 1710. The molecule has 0 unspecified atom stereocenters. The fourth-order valence-electron chi connectivity index (χ4n) is 7.65. The Balaban J connectivity index is 0.000000384. The quantitative estimate of drug-likeness (QED) is 0.0363. The van der Waals surface area contributed by atoms with E-state index in [-0.39, 0.29) is 0 Å². The topological polar surface area (TPSA) is 25.3 Å². The summed E-state index contributed by atoms with van der Waals surface area (Å²) in [7, 11) is 0. The number of hydrogen-bond donors (Lipinski definition) is 0. The van der Waals surface area contributed by atoms with Gasteiger partial charge in [-0.25, -0.2) is 4.70 Å². The van der Waals surface area contributed by atoms with Crippen LogP contribution < -0.4 is 0 Å². The van der Waals surface area contributed by atoms with Crippen LogP contribution in [0.2, 0.25) is 0 Å². The van der Waals surface area contributed by atoms with Crippen LogP contribution in [0.5, 0.6) is 0 Å². The first kappa shape index (κ1) is 45.2. The van der Waals surface area contributed by atoms with Gasteiger partial charge in [-0.15, -0.1) is 0 Å². The second-order valence-electron chi connectivity index (χ2n) is 15.6. The fourth-order valence-corrected chi connectivity index (χ4v) is 8.81. The van der Waals surface area contributed by atoms with Crippen LogP contribution in [-0.2, 0) is 38.1 Å². The molecule has 5 rings (SSSR count). The molecule has 1 aliphatic rings. The second kappa shape index (κ2) is 27.2. The molecule has 4 aromatic carbocycles. The molecule has 0 amide bonds. The van der Waals surface area contributed by atoms with Crippen LogP contribution in [0, 0.1) is 0 Å². The predicted molar refractivity (Wildman–Crippen MR) is 239 cm³/mol. The van der Waals surface area contributed by atoms with Crippen molar-refractivity contribution in [3.05, 3.63) is 159 Å². The third kappa shape index (κ3) is 15.4. The monoisotopic (exact) mass is 795 g/mol. The van der Waals surface area contributed by atoms with E-state index in [9.17, 15) is 5.53 Å². The summed E-state index contributed by atoms with van der Waals surface area (Å²) in [5.41, 5.74) is 24.8. The van der Waals surface area contributed by atoms with Gasteiger partial charge in [0.15, 0.2) is 0 Å². The van der Waals surface area contributed by atoms with Crippen LogP contribution in [-0.4, -0.2) is 4.70 Å². The molecule has 0 aliphatic carbocycles. The third-order valence-electron chi connectivity index (χ3n) is 10.8. The molecule has 1 heterocycles. The number of nitrogens with zero attached hydrogens (tertiary/aromatic N) is 2. The summed E-state index contributed by atoms with van der Waals surface area (Å²) < 4.78 is 1.59. The summed E-state index contributed by atoms with van der Waals surface area (Å²) in [5, 5.41) is 2.23. The average molecular weight is 796 g/mol. The molecular weight excluding hydrogens is 723 g/mol. The predicted octanol–water partition coefficient (Wildman–Crippen LogP) is 16.1. The molecule has 0 saturated heterocycles. The number of hydrogen-bond acceptors (Lipinski definition) is 0. The van der Waals surface area contributed by atoms with Crippen LogP contribution in [0.1, 0.15) is 170 Å². The molecule has 304 valence electrons. The minimum atomic E-state index is 1.03. The van der Waals surface area contributed by atoms with Gasteiger partial charge < -0.3 is 5.53 Å². The molecule has 56 heavy (non-hydrogen) atoms. The zero-order chi connectivity index (χ0) is 39.6. The van der Waals surface area contributed by atoms with E-state index in [0.29, 0.717) is 0 Å². The molecule has 0 atom stereocenters. The van der Waals surface area contributed by atoms with E-state index >= 15 is 0 Å². The SMILES string of the molecule is CCCCCCC1=C(c2cccc(CCCCCC)c2)[N+](=[N-])C(c2cccc(CCCCCC)c2)=C1CCCCC.c1ccc([CH2][Ni][CH2]c2ccccc2)cc1. The molecule has 0 N–H and O–H groups in total. The first-order chi connectivity index (χ1) is 27.6. The van der Waals surface area contributed by atoms with Gasteiger partial charge in [0.25, 0.3) is 0 Å². The van der Waals surface area contributed by atoms with Crippen molar-refractivity contribution in [3.8, 4) is 0 Å². The van der Waals surface area contributed by atoms with Gasteiger partial charge in [0.1, 0.15) is 0 Å². The molecule has 2 nitrogen and oxygen atoms in total. The Morgan fingerprint density at radius 2 is 0.750 bits per heavy atom. The molecule has 3 heteroatoms. The van der Waals surface area contributed by atoms with Crippen LogP contribution in [0.15, 0.2) is 120 Å². The standard InChI is InChI=1S/C39H58N2.2C7H7.Ni/c1-5-9-13-17-22-32-24-20-26-34(30-32)38-36(28-16-12-8-4)37(29-19-15-11-7-3)39(41(38)40)35-27-21-25-33(31-35)23-18-14-10-6-2;2*1-7-5-3-2-4-6-7;/h20-21,24-27,30-31H,5-19,22-23,28-29H2,1-4H3;2*2-6H,1H2;. The number of allylic oxidation sites excluding steroid dienone is 2. The van der Waals surface area contributed by atoms with E-state index in [1.807, 2.05) is 0 Å². The van der Waals surface area contributed by atoms with E-state index in [2.05, 4.69) is 137 Å². The maximum atomic E-state index is 12.0. The van der Waals surface area contributed by atoms with Gasteiger partial charge in [-0.1, -0.05) is 123 Å². The summed E-state index contributed by atoms with van der Waals surface area (Å²) in [5.74, 6) is 0. The van der Waals surface area contributed by atoms with Crippen molar-refractivity contribution < 1.29 is 19.1 Å². The number of unbranched alkanes of at least 4 members (excludes halogenated alkanes) is 11. The molecule has 0 saturated carbocycles. The Morgan fingerprint density at radius 1 is 0.393 bits per heavy atom. The zero-order valence-electron chi connectivity index (χ0n) is 35.5. The normalized spacial score (nSPS) is 12.8. The molecule has 4 aromatic rings. The van der Waals surface area contributed by atoms with E-state index in [4.69, 9.17) is 0 Å². The summed E-state index contributed by atoms with van der Waals surface area (Å²) in [6.07, 6.45) is 23.1. The van der Waals surface area contributed by atoms with Crippen LogP contribution in [0.25, 0.3) is 16.9 Å². The molecule has 0 aromatic heterocycles. The zero-order valence-corrected chi connectivity index (χ0v) is 36.4. The van der Waals surface area contributed by atoms with Gasteiger partial charge in [-0.2, -0.15) is 0 Å². The van der Waals surface area contributed by atoms with Crippen molar-refractivity contribution in [1.82, 2.24) is 0 Å². The molecular formula is C53H72N2Ni. The summed E-state index contributed by atoms with van der Waals surface area (Å²) in [4.78, 5) is 0. The van der Waals surface area contributed by atoms with E-state index in [1.54, 1.807) is 19.1 Å². The van der Waals surface area contributed by atoms with Crippen LogP contribution >= 0.6 is 0 Å². The summed E-state index contributed by atoms with van der Waals surface area (Å²) >= 11 is 1.78. The molecule has 0 spiro atoms. The molecule has 1 aliphatic heterocycles. The third-order valence-corrected chi connectivity index (χ3v) is 12.1. The van der Waals surface area contributed by atoms with Crippen molar-refractivity contribution >= 4 is 11.4 Å². The Kier molecular flexibility index (Phi) is 21.9. The minimum absolute atomic E-state index is 1.03. The van der Waals surface area contributed by atoms with Crippen LogP contribution in [0.3, 0.4) is 0 Å². The van der Waals surface area contributed by atoms with Gasteiger partial charge >= 0.3 is 97.0 Å². The van der Waals surface area contributed by atoms with Gasteiger partial charge in [-0.3, -0.25) is 0 Å². The average Bonchev–Trinajstić information content (AvgIpc) is 3.51. The van der Waals surface area contributed by atoms with Crippen molar-refractivity contribution in [3.63, 3.8) is 0 Å². The first-order valence-corrected chi connectivity index (χ1v) is 23.7. The molecule has 0 bridgehead atoms. The van der Waals surface area contributed by atoms with E-state index in [0.717, 1.165) is 47.9 Å². The Labute approximate surface area is 348 Å². The number of rotatable bonds is 25. The van der Waals surface area contributed by atoms with E-state index < -0.39 is 0 Å². The number of aryl methyl sites for hydroxylation is 2. The summed E-state index contributed by atoms with van der Waals surface area (Å²) in [6.45, 7) is 9.11. The summed E-state index contributed by atoms with van der Waals surface area (Å²) in [6, 6.07) is 39.3. The first-order valence-electron chi connectivity index (χ1n) is 22.3. The van der Waals surface area contributed by atoms with Crippen molar-refractivity contribution in [2.75, 3.05) is 0 Å². The Hall–Kier alpha value is -3.55. The van der Waals surface area contributed by atoms with Gasteiger partial charge in [0.2, 0.25) is 11.4 Å². The van der Waals surface area contributed by atoms with Gasteiger partial charge in [0.05, 0.1) is 0 Å². The van der Waals surface area contributed by atoms with Crippen LogP contribution in [0.4, 0.5) is 0 Å². The van der Waals surface area contributed by atoms with Crippen molar-refractivity contribution in [2.24, 2.45) is 0 Å². The van der Waals surface area contributed by atoms with Crippen molar-refractivity contribution in [1.29, 1.82) is 0 Å². The molecule has 0 fully saturated rings. The number of benzene rings is 4. The van der Waals surface area contributed by atoms with E-state index in [1.165, 1.54) is 141 Å². The second-order valence-corrected chi connectivity index (χ2v) is 16.8. The fraction of sp³-hybridized carbons (Fsp3) is 0.472. The maximum absolute atomic E-state index is 12.0.